The standard InChI is InChI=1S/C23H24N4O3S/c1-13-5-7-19(14(2)9-13)23(28)22-15(3)10-21(26-22)16(4)20-8-6-18(11-17(20)12-24)27-31(25,29)30/h5-11,16,26-27H,1-4H3,(H2,25,29,30). The summed E-state index contributed by atoms with van der Waals surface area (Å²) in [5.74, 6) is -0.306. The van der Waals surface area contributed by atoms with Gasteiger partial charge in [0.1, 0.15) is 0 Å². The highest BCUT2D eigenvalue weighted by Gasteiger charge is 2.21. The van der Waals surface area contributed by atoms with E-state index < -0.39 is 10.2 Å². The number of nitriles is 1. The topological polar surface area (TPSA) is 129 Å². The Morgan fingerprint density at radius 1 is 1.10 bits per heavy atom. The number of H-pyrrole nitrogens is 1. The van der Waals surface area contributed by atoms with E-state index in [0.717, 1.165) is 22.4 Å². The van der Waals surface area contributed by atoms with E-state index in [2.05, 4.69) is 15.8 Å². The maximum absolute atomic E-state index is 13.1. The Morgan fingerprint density at radius 2 is 1.81 bits per heavy atom. The van der Waals surface area contributed by atoms with Crippen LogP contribution < -0.4 is 9.86 Å². The quantitative estimate of drug-likeness (QED) is 0.507. The molecule has 0 bridgehead atoms. The van der Waals surface area contributed by atoms with Gasteiger partial charge in [-0.25, -0.2) is 5.14 Å². The maximum Gasteiger partial charge on any atom is 0.296 e. The zero-order chi connectivity index (χ0) is 22.9. The molecule has 160 valence electrons. The van der Waals surface area contributed by atoms with Crippen molar-refractivity contribution in [1.82, 2.24) is 4.98 Å². The van der Waals surface area contributed by atoms with Crippen molar-refractivity contribution in [2.45, 2.75) is 33.6 Å². The second-order valence-electron chi connectivity index (χ2n) is 7.71. The van der Waals surface area contributed by atoms with Gasteiger partial charge >= 0.3 is 0 Å². The molecule has 0 aliphatic carbocycles. The molecule has 3 rings (SSSR count). The number of carbonyl (C=O) groups is 1. The molecule has 0 saturated carbocycles. The first-order valence-corrected chi connectivity index (χ1v) is 11.2. The molecule has 1 aromatic heterocycles. The molecule has 7 nitrogen and oxygen atoms in total. The van der Waals surface area contributed by atoms with Crippen LogP contribution in [0.5, 0.6) is 0 Å². The Bertz CT molecular complexity index is 1320. The minimum atomic E-state index is -3.93. The second-order valence-corrected chi connectivity index (χ2v) is 9.01. The lowest BCUT2D eigenvalue weighted by Gasteiger charge is -2.14. The first-order valence-electron chi connectivity index (χ1n) is 9.66. The number of nitrogens with one attached hydrogen (secondary N) is 2. The Kier molecular flexibility index (Phi) is 6.02. The van der Waals surface area contributed by atoms with Gasteiger partial charge < -0.3 is 4.98 Å². The van der Waals surface area contributed by atoms with Gasteiger partial charge in [-0.05, 0) is 55.7 Å². The lowest BCUT2D eigenvalue weighted by Crippen LogP contribution is -2.21. The van der Waals surface area contributed by atoms with E-state index in [4.69, 9.17) is 5.14 Å². The van der Waals surface area contributed by atoms with Gasteiger partial charge in [-0.2, -0.15) is 13.7 Å². The lowest BCUT2D eigenvalue weighted by atomic mass is 9.93. The Hall–Kier alpha value is -3.41. The lowest BCUT2D eigenvalue weighted by molar-refractivity contribution is 0.103. The Labute approximate surface area is 182 Å². The molecule has 1 atom stereocenters. The van der Waals surface area contributed by atoms with Crippen molar-refractivity contribution in [3.8, 4) is 6.07 Å². The van der Waals surface area contributed by atoms with Gasteiger partial charge in [0.05, 0.1) is 23.0 Å². The predicted octanol–water partition coefficient (Wildman–Crippen LogP) is 3.81. The van der Waals surface area contributed by atoms with Crippen LogP contribution in [-0.2, 0) is 10.2 Å². The van der Waals surface area contributed by atoms with Gasteiger partial charge in [0.2, 0.25) is 5.78 Å². The number of rotatable bonds is 6. The summed E-state index contributed by atoms with van der Waals surface area (Å²) in [6, 6.07) is 14.4. The number of aromatic nitrogens is 1. The zero-order valence-corrected chi connectivity index (χ0v) is 18.6. The number of benzene rings is 2. The Morgan fingerprint density at radius 3 is 2.42 bits per heavy atom. The van der Waals surface area contributed by atoms with E-state index in [-0.39, 0.29) is 17.4 Å². The fourth-order valence-corrected chi connectivity index (χ4v) is 4.14. The average Bonchev–Trinajstić information content (AvgIpc) is 3.07. The predicted molar refractivity (Wildman–Crippen MR) is 120 cm³/mol. The molecule has 0 spiro atoms. The number of aromatic amines is 1. The SMILES string of the molecule is Cc1ccc(C(=O)c2[nH]c(C(C)c3ccc(NS(N)(=O)=O)cc3C#N)cc2C)c(C)c1. The molecular weight excluding hydrogens is 412 g/mol. The molecule has 8 heteroatoms. The fourth-order valence-electron chi connectivity index (χ4n) is 3.68. The van der Waals surface area contributed by atoms with Gasteiger partial charge in [-0.15, -0.1) is 0 Å². The number of hydrogen-bond acceptors (Lipinski definition) is 4. The van der Waals surface area contributed by atoms with E-state index in [9.17, 15) is 18.5 Å². The van der Waals surface area contributed by atoms with Crippen LogP contribution in [0.3, 0.4) is 0 Å². The molecule has 2 aromatic carbocycles. The summed E-state index contributed by atoms with van der Waals surface area (Å²) in [6.45, 7) is 7.68. The molecule has 1 unspecified atom stereocenters. The maximum atomic E-state index is 13.1. The van der Waals surface area contributed by atoms with E-state index >= 15 is 0 Å². The summed E-state index contributed by atoms with van der Waals surface area (Å²) >= 11 is 0. The third-order valence-corrected chi connectivity index (χ3v) is 5.78. The monoisotopic (exact) mass is 436 g/mol. The highest BCUT2D eigenvalue weighted by molar-refractivity contribution is 7.90. The summed E-state index contributed by atoms with van der Waals surface area (Å²) in [5.41, 5.74) is 6.00. The third-order valence-electron chi connectivity index (χ3n) is 5.26. The van der Waals surface area contributed by atoms with Gasteiger partial charge in [0.25, 0.3) is 10.2 Å². The molecule has 1 heterocycles. The normalized spacial score (nSPS) is 12.3. The van der Waals surface area contributed by atoms with Gasteiger partial charge in [0, 0.05) is 17.2 Å². The third kappa shape index (κ3) is 4.85. The number of anilines is 1. The van der Waals surface area contributed by atoms with Crippen LogP contribution in [0, 0.1) is 32.1 Å². The summed E-state index contributed by atoms with van der Waals surface area (Å²) in [4.78, 5) is 16.3. The number of ketones is 1. The molecule has 0 saturated heterocycles. The van der Waals surface area contributed by atoms with Crippen LogP contribution in [-0.4, -0.2) is 19.2 Å². The van der Waals surface area contributed by atoms with Gasteiger partial charge in [-0.3, -0.25) is 9.52 Å². The molecule has 0 amide bonds. The molecule has 0 radical (unpaired) electrons. The number of nitrogens with two attached hydrogens (primary N) is 1. The van der Waals surface area contributed by atoms with Gasteiger partial charge in [0.15, 0.2) is 0 Å². The van der Waals surface area contributed by atoms with E-state index in [1.807, 2.05) is 52.0 Å². The summed E-state index contributed by atoms with van der Waals surface area (Å²) in [7, 11) is -3.93. The molecular formula is C23H24N4O3S. The Balaban J connectivity index is 1.96. The summed E-state index contributed by atoms with van der Waals surface area (Å²) < 4.78 is 24.7. The highest BCUT2D eigenvalue weighted by atomic mass is 32.2. The number of aryl methyl sites for hydroxylation is 3. The molecule has 0 aliphatic heterocycles. The number of hydrogen-bond donors (Lipinski definition) is 3. The fraction of sp³-hybridized carbons (Fsp3) is 0.217. The van der Waals surface area contributed by atoms with Crippen molar-refractivity contribution in [3.05, 3.63) is 87.2 Å². The first-order chi connectivity index (χ1) is 14.5. The summed E-state index contributed by atoms with van der Waals surface area (Å²) in [5, 5.41) is 14.6. The van der Waals surface area contributed by atoms with Crippen molar-refractivity contribution >= 4 is 21.7 Å². The minimum absolute atomic E-state index is 0.0818. The van der Waals surface area contributed by atoms with E-state index in [1.165, 1.54) is 6.07 Å². The van der Waals surface area contributed by atoms with Crippen LogP contribution in [0.4, 0.5) is 5.69 Å². The van der Waals surface area contributed by atoms with Crippen molar-refractivity contribution in [1.29, 1.82) is 5.26 Å². The van der Waals surface area contributed by atoms with Crippen LogP contribution in [0.1, 0.15) is 62.4 Å². The van der Waals surface area contributed by atoms with E-state index in [0.29, 0.717) is 22.4 Å². The minimum Gasteiger partial charge on any atom is -0.355 e. The molecule has 4 N–H and O–H groups in total. The largest absolute Gasteiger partial charge is 0.355 e. The molecule has 0 aliphatic rings. The van der Waals surface area contributed by atoms with Gasteiger partial charge in [-0.1, -0.05) is 36.8 Å². The number of nitrogens with zero attached hydrogens (tertiary/aromatic N) is 1. The van der Waals surface area contributed by atoms with Crippen molar-refractivity contribution in [2.75, 3.05) is 4.72 Å². The van der Waals surface area contributed by atoms with Crippen molar-refractivity contribution in [3.63, 3.8) is 0 Å². The highest BCUT2D eigenvalue weighted by Crippen LogP contribution is 2.30. The molecule has 3 aromatic rings. The average molecular weight is 437 g/mol. The van der Waals surface area contributed by atoms with Crippen molar-refractivity contribution in [2.24, 2.45) is 5.14 Å². The second kappa shape index (κ2) is 8.38. The first kappa shape index (κ1) is 22.3. The van der Waals surface area contributed by atoms with Crippen LogP contribution in [0.2, 0.25) is 0 Å². The zero-order valence-electron chi connectivity index (χ0n) is 17.8. The van der Waals surface area contributed by atoms with Crippen LogP contribution in [0.15, 0.2) is 42.5 Å². The summed E-state index contributed by atoms with van der Waals surface area (Å²) in [6.07, 6.45) is 0. The molecule has 31 heavy (non-hydrogen) atoms. The smallest absolute Gasteiger partial charge is 0.296 e. The van der Waals surface area contributed by atoms with Crippen LogP contribution >= 0.6 is 0 Å². The van der Waals surface area contributed by atoms with Crippen LogP contribution in [0.25, 0.3) is 0 Å². The number of carbonyl (C=O) groups excluding carboxylic acids is 1. The van der Waals surface area contributed by atoms with E-state index in [1.54, 1.807) is 12.1 Å². The molecule has 0 fully saturated rings. The van der Waals surface area contributed by atoms with Crippen molar-refractivity contribution < 1.29 is 13.2 Å².